The Morgan fingerprint density at radius 1 is 1.53 bits per heavy atom. The number of hydrogen-bond donors (Lipinski definition) is 1. The first-order chi connectivity index (χ1) is 7.11. The van der Waals surface area contributed by atoms with Crippen molar-refractivity contribution < 1.29 is 4.92 Å². The molecule has 0 spiro atoms. The fourth-order valence-electron chi connectivity index (χ4n) is 1.64. The van der Waals surface area contributed by atoms with Crippen molar-refractivity contribution in [3.05, 3.63) is 40.1 Å². The number of nitrogen functional groups attached to an aromatic ring is 1. The number of nitro benzene ring substituents is 1. The molecule has 0 amide bonds. The Kier molecular flexibility index (Phi) is 2.00. The molecule has 0 radical (unpaired) electrons. The number of anilines is 1. The summed E-state index contributed by atoms with van der Waals surface area (Å²) in [5, 5.41) is 11.3. The van der Waals surface area contributed by atoms with Crippen LogP contribution in [0.4, 0.5) is 11.4 Å². The van der Waals surface area contributed by atoms with Crippen LogP contribution in [0.2, 0.25) is 0 Å². The second-order valence-electron chi connectivity index (χ2n) is 3.29. The molecule has 2 aromatic rings. The zero-order chi connectivity index (χ0) is 11.0. The predicted octanol–water partition coefficient (Wildman–Crippen LogP) is 2.03. The SMILES string of the molecule is Cc1cc(N)c([N+](=O)[O-])c2cccnc12. The van der Waals surface area contributed by atoms with Crippen molar-refractivity contribution >= 4 is 22.3 Å². The Hall–Kier alpha value is -2.17. The Labute approximate surface area is 85.7 Å². The van der Waals surface area contributed by atoms with Gasteiger partial charge in [-0.2, -0.15) is 0 Å². The lowest BCUT2D eigenvalue weighted by atomic mass is 10.1. The predicted molar refractivity (Wildman–Crippen MR) is 57.5 cm³/mol. The van der Waals surface area contributed by atoms with Crippen LogP contribution in [0.1, 0.15) is 5.56 Å². The molecule has 76 valence electrons. The normalized spacial score (nSPS) is 10.5. The van der Waals surface area contributed by atoms with Crippen molar-refractivity contribution in [2.45, 2.75) is 6.92 Å². The van der Waals surface area contributed by atoms with E-state index in [1.54, 1.807) is 24.4 Å². The van der Waals surface area contributed by atoms with Gasteiger partial charge in [-0.25, -0.2) is 0 Å². The van der Waals surface area contributed by atoms with Crippen LogP contribution in [0.3, 0.4) is 0 Å². The number of fused-ring (bicyclic) bond motifs is 1. The molecular formula is C10H9N3O2. The summed E-state index contributed by atoms with van der Waals surface area (Å²) in [5.74, 6) is 0. The first-order valence-electron chi connectivity index (χ1n) is 4.39. The minimum absolute atomic E-state index is 0.0660. The van der Waals surface area contributed by atoms with Crippen molar-refractivity contribution in [3.63, 3.8) is 0 Å². The summed E-state index contributed by atoms with van der Waals surface area (Å²) in [6, 6.07) is 4.89. The molecule has 0 bridgehead atoms. The Morgan fingerprint density at radius 3 is 2.93 bits per heavy atom. The smallest absolute Gasteiger partial charge is 0.301 e. The van der Waals surface area contributed by atoms with Crippen molar-refractivity contribution in [2.24, 2.45) is 0 Å². The fraction of sp³-hybridized carbons (Fsp3) is 0.100. The summed E-state index contributed by atoms with van der Waals surface area (Å²) in [4.78, 5) is 14.5. The van der Waals surface area contributed by atoms with Crippen molar-refractivity contribution in [2.75, 3.05) is 5.73 Å². The van der Waals surface area contributed by atoms with E-state index in [4.69, 9.17) is 5.73 Å². The Bertz CT molecular complexity index is 552. The maximum Gasteiger partial charge on any atom is 0.301 e. The highest BCUT2D eigenvalue weighted by molar-refractivity contribution is 5.95. The largest absolute Gasteiger partial charge is 0.393 e. The Balaban J connectivity index is 2.96. The minimum atomic E-state index is -0.473. The molecule has 0 aliphatic heterocycles. The molecule has 15 heavy (non-hydrogen) atoms. The second kappa shape index (κ2) is 3.20. The van der Waals surface area contributed by atoms with Gasteiger partial charge in [-0.15, -0.1) is 0 Å². The van der Waals surface area contributed by atoms with E-state index >= 15 is 0 Å². The van der Waals surface area contributed by atoms with Crippen LogP contribution in [0.5, 0.6) is 0 Å². The second-order valence-corrected chi connectivity index (χ2v) is 3.29. The molecule has 5 heteroatoms. The number of nitrogens with two attached hydrogens (primary N) is 1. The zero-order valence-electron chi connectivity index (χ0n) is 8.10. The summed E-state index contributed by atoms with van der Waals surface area (Å²) in [7, 11) is 0. The quantitative estimate of drug-likeness (QED) is 0.436. The van der Waals surface area contributed by atoms with Gasteiger partial charge < -0.3 is 5.73 Å². The molecule has 0 fully saturated rings. The van der Waals surface area contributed by atoms with Crippen LogP contribution in [-0.2, 0) is 0 Å². The number of nitrogens with zero attached hydrogens (tertiary/aromatic N) is 2. The van der Waals surface area contributed by atoms with E-state index in [1.165, 1.54) is 0 Å². The topological polar surface area (TPSA) is 82.0 Å². The van der Waals surface area contributed by atoms with Gasteiger partial charge in [-0.05, 0) is 30.7 Å². The number of rotatable bonds is 1. The van der Waals surface area contributed by atoms with Crippen molar-refractivity contribution in [3.8, 4) is 0 Å². The molecule has 5 nitrogen and oxygen atoms in total. The highest BCUT2D eigenvalue weighted by Gasteiger charge is 2.18. The van der Waals surface area contributed by atoms with Gasteiger partial charge in [0.1, 0.15) is 5.69 Å². The van der Waals surface area contributed by atoms with E-state index in [0.717, 1.165) is 5.56 Å². The van der Waals surface area contributed by atoms with Crippen LogP contribution in [-0.4, -0.2) is 9.91 Å². The third-order valence-corrected chi connectivity index (χ3v) is 2.26. The van der Waals surface area contributed by atoms with Crippen molar-refractivity contribution in [1.29, 1.82) is 0 Å². The summed E-state index contributed by atoms with van der Waals surface area (Å²) >= 11 is 0. The lowest BCUT2D eigenvalue weighted by molar-refractivity contribution is -0.382. The van der Waals surface area contributed by atoms with E-state index in [1.807, 2.05) is 6.92 Å². The fourth-order valence-corrected chi connectivity index (χ4v) is 1.64. The molecule has 0 aliphatic rings. The summed E-state index contributed by atoms with van der Waals surface area (Å²) < 4.78 is 0. The monoisotopic (exact) mass is 203 g/mol. The third-order valence-electron chi connectivity index (χ3n) is 2.26. The molecule has 0 saturated heterocycles. The molecule has 0 atom stereocenters. The molecule has 0 unspecified atom stereocenters. The highest BCUT2D eigenvalue weighted by Crippen LogP contribution is 2.32. The van der Waals surface area contributed by atoms with Gasteiger partial charge in [0, 0.05) is 6.20 Å². The van der Waals surface area contributed by atoms with Gasteiger partial charge in [0.15, 0.2) is 0 Å². The van der Waals surface area contributed by atoms with Crippen LogP contribution >= 0.6 is 0 Å². The van der Waals surface area contributed by atoms with E-state index in [-0.39, 0.29) is 11.4 Å². The molecule has 2 rings (SSSR count). The first-order valence-corrected chi connectivity index (χ1v) is 4.39. The number of hydrogen-bond acceptors (Lipinski definition) is 4. The van der Waals surface area contributed by atoms with Crippen molar-refractivity contribution in [1.82, 2.24) is 4.98 Å². The number of pyridine rings is 1. The number of nitro groups is 1. The highest BCUT2D eigenvalue weighted by atomic mass is 16.6. The molecule has 0 aliphatic carbocycles. The summed E-state index contributed by atoms with van der Waals surface area (Å²) in [5.41, 5.74) is 7.20. The maximum atomic E-state index is 10.8. The number of aryl methyl sites for hydroxylation is 1. The van der Waals surface area contributed by atoms with Crippen LogP contribution in [0.15, 0.2) is 24.4 Å². The first kappa shape index (κ1) is 9.39. The average Bonchev–Trinajstić information content (AvgIpc) is 2.17. The van der Waals surface area contributed by atoms with E-state index in [0.29, 0.717) is 10.9 Å². The van der Waals surface area contributed by atoms with Crippen LogP contribution in [0.25, 0.3) is 10.9 Å². The van der Waals surface area contributed by atoms with Gasteiger partial charge in [0.05, 0.1) is 15.8 Å². The van der Waals surface area contributed by atoms with Gasteiger partial charge >= 0.3 is 5.69 Å². The van der Waals surface area contributed by atoms with E-state index in [2.05, 4.69) is 4.98 Å². The lowest BCUT2D eigenvalue weighted by Crippen LogP contribution is -1.98. The lowest BCUT2D eigenvalue weighted by Gasteiger charge is -2.04. The molecule has 1 heterocycles. The number of aromatic nitrogens is 1. The average molecular weight is 203 g/mol. The molecule has 1 aromatic carbocycles. The molecule has 0 saturated carbocycles. The van der Waals surface area contributed by atoms with Crippen LogP contribution < -0.4 is 5.73 Å². The number of benzene rings is 1. The zero-order valence-corrected chi connectivity index (χ0v) is 8.10. The summed E-state index contributed by atoms with van der Waals surface area (Å²) in [6.07, 6.45) is 1.61. The van der Waals surface area contributed by atoms with Crippen LogP contribution in [0, 0.1) is 17.0 Å². The van der Waals surface area contributed by atoms with E-state index < -0.39 is 4.92 Å². The van der Waals surface area contributed by atoms with Gasteiger partial charge in [0.2, 0.25) is 0 Å². The third kappa shape index (κ3) is 1.38. The van der Waals surface area contributed by atoms with Gasteiger partial charge in [0.25, 0.3) is 0 Å². The molecule has 1 aromatic heterocycles. The molecule has 2 N–H and O–H groups in total. The van der Waals surface area contributed by atoms with Gasteiger partial charge in [-0.3, -0.25) is 15.1 Å². The standard InChI is InChI=1S/C10H9N3O2/c1-6-5-8(11)10(13(14)15)7-3-2-4-12-9(6)7/h2-5H,11H2,1H3. The summed E-state index contributed by atoms with van der Waals surface area (Å²) in [6.45, 7) is 1.83. The molecular weight excluding hydrogens is 194 g/mol. The Morgan fingerprint density at radius 2 is 2.27 bits per heavy atom. The minimum Gasteiger partial charge on any atom is -0.393 e. The van der Waals surface area contributed by atoms with Gasteiger partial charge in [-0.1, -0.05) is 0 Å². The van der Waals surface area contributed by atoms with E-state index in [9.17, 15) is 10.1 Å². The maximum absolute atomic E-state index is 10.8.